The largest absolute Gasteiger partial charge is 0.393 e. The number of aliphatic hydroxyl groups excluding tert-OH is 1. The Morgan fingerprint density at radius 2 is 2.25 bits per heavy atom. The van der Waals surface area contributed by atoms with E-state index in [4.69, 9.17) is 0 Å². The number of rotatable bonds is 0. The van der Waals surface area contributed by atoms with Crippen molar-refractivity contribution in [1.29, 1.82) is 0 Å². The zero-order valence-corrected chi connectivity index (χ0v) is 8.15. The van der Waals surface area contributed by atoms with E-state index in [0.717, 1.165) is 19.4 Å². The molecule has 0 amide bonds. The minimum absolute atomic E-state index is 0.0362. The van der Waals surface area contributed by atoms with Crippen LogP contribution in [-0.2, 0) is 0 Å². The average Bonchev–Trinajstić information content (AvgIpc) is 2.29. The van der Waals surface area contributed by atoms with Crippen LogP contribution >= 0.6 is 11.8 Å². The van der Waals surface area contributed by atoms with Crippen LogP contribution in [0.3, 0.4) is 0 Å². The maximum atomic E-state index is 9.84. The van der Waals surface area contributed by atoms with Gasteiger partial charge in [-0.2, -0.15) is 11.8 Å². The summed E-state index contributed by atoms with van der Waals surface area (Å²) in [4.78, 5) is 0. The topological polar surface area (TPSA) is 32.3 Å². The maximum absolute atomic E-state index is 9.84. The van der Waals surface area contributed by atoms with Gasteiger partial charge in [-0.15, -0.1) is 0 Å². The molecule has 0 bridgehead atoms. The lowest BCUT2D eigenvalue weighted by atomic mass is 9.91. The molecule has 2 aliphatic heterocycles. The van der Waals surface area contributed by atoms with Gasteiger partial charge in [0.2, 0.25) is 0 Å². The van der Waals surface area contributed by atoms with Crippen molar-refractivity contribution in [1.82, 2.24) is 5.32 Å². The zero-order valence-electron chi connectivity index (χ0n) is 7.33. The predicted molar refractivity (Wildman–Crippen MR) is 52.5 cm³/mol. The Bertz CT molecular complexity index is 153. The number of fused-ring (bicyclic) bond motifs is 1. The van der Waals surface area contributed by atoms with E-state index < -0.39 is 0 Å². The first-order chi connectivity index (χ1) is 5.88. The summed E-state index contributed by atoms with van der Waals surface area (Å²) in [5.41, 5.74) is 0. The molecular weight excluding hydrogens is 170 g/mol. The molecule has 0 spiro atoms. The summed E-state index contributed by atoms with van der Waals surface area (Å²) in [6.07, 6.45) is 3.30. The highest BCUT2D eigenvalue weighted by molar-refractivity contribution is 7.99. The second kappa shape index (κ2) is 3.99. The normalized spacial score (nSPS) is 43.2. The second-order valence-corrected chi connectivity index (χ2v) is 4.95. The molecule has 3 atom stereocenters. The highest BCUT2D eigenvalue weighted by Crippen LogP contribution is 2.29. The van der Waals surface area contributed by atoms with Gasteiger partial charge in [0.25, 0.3) is 0 Å². The fourth-order valence-corrected chi connectivity index (χ4v) is 3.46. The van der Waals surface area contributed by atoms with Crippen molar-refractivity contribution in [3.05, 3.63) is 0 Å². The molecule has 2 nitrogen and oxygen atoms in total. The third-order valence-corrected chi connectivity index (χ3v) is 4.11. The Morgan fingerprint density at radius 1 is 1.33 bits per heavy atom. The summed E-state index contributed by atoms with van der Waals surface area (Å²) in [5, 5.41) is 13.4. The minimum atomic E-state index is -0.0362. The smallest absolute Gasteiger partial charge is 0.0584 e. The lowest BCUT2D eigenvalue weighted by Gasteiger charge is -2.32. The van der Waals surface area contributed by atoms with Gasteiger partial charge in [0, 0.05) is 17.7 Å². The first kappa shape index (κ1) is 8.85. The van der Waals surface area contributed by atoms with Gasteiger partial charge in [-0.3, -0.25) is 0 Å². The molecule has 2 rings (SSSR count). The van der Waals surface area contributed by atoms with E-state index >= 15 is 0 Å². The Hall–Kier alpha value is 0.270. The summed E-state index contributed by atoms with van der Waals surface area (Å²) >= 11 is 2.02. The number of thioether (sulfide) groups is 1. The molecule has 2 aliphatic rings. The fraction of sp³-hybridized carbons (Fsp3) is 1.00. The van der Waals surface area contributed by atoms with Crippen molar-refractivity contribution >= 4 is 11.8 Å². The van der Waals surface area contributed by atoms with Crippen molar-refractivity contribution in [3.63, 3.8) is 0 Å². The third-order valence-electron chi connectivity index (χ3n) is 2.99. The van der Waals surface area contributed by atoms with Crippen LogP contribution in [0.5, 0.6) is 0 Å². The third kappa shape index (κ3) is 1.78. The molecule has 0 aliphatic carbocycles. The van der Waals surface area contributed by atoms with Gasteiger partial charge < -0.3 is 10.4 Å². The van der Waals surface area contributed by atoms with Crippen molar-refractivity contribution in [2.75, 3.05) is 18.1 Å². The number of nitrogens with one attached hydrogen (secondary N) is 1. The summed E-state index contributed by atoms with van der Waals surface area (Å²) in [5.74, 6) is 2.97. The van der Waals surface area contributed by atoms with Gasteiger partial charge in [0.15, 0.2) is 0 Å². The number of hydrogen-bond donors (Lipinski definition) is 2. The second-order valence-electron chi connectivity index (χ2n) is 3.80. The van der Waals surface area contributed by atoms with E-state index in [-0.39, 0.29) is 6.10 Å². The first-order valence-corrected chi connectivity index (χ1v) is 6.02. The van der Waals surface area contributed by atoms with Gasteiger partial charge in [0.1, 0.15) is 0 Å². The molecule has 2 fully saturated rings. The van der Waals surface area contributed by atoms with Gasteiger partial charge in [0.05, 0.1) is 6.10 Å². The van der Waals surface area contributed by atoms with Crippen molar-refractivity contribution in [2.24, 2.45) is 5.92 Å². The summed E-state index contributed by atoms with van der Waals surface area (Å²) in [6.45, 7) is 1.10. The van der Waals surface area contributed by atoms with Crippen LogP contribution < -0.4 is 5.32 Å². The molecule has 0 radical (unpaired) electrons. The SMILES string of the molecule is OC1CCCNC2CSCCC12. The molecule has 2 heterocycles. The molecule has 0 saturated carbocycles. The Morgan fingerprint density at radius 3 is 3.17 bits per heavy atom. The summed E-state index contributed by atoms with van der Waals surface area (Å²) in [6, 6.07) is 0.584. The van der Waals surface area contributed by atoms with E-state index in [1.807, 2.05) is 11.8 Å². The zero-order chi connectivity index (χ0) is 8.39. The van der Waals surface area contributed by atoms with Gasteiger partial charge in [-0.25, -0.2) is 0 Å². The molecule has 0 aromatic rings. The van der Waals surface area contributed by atoms with Crippen LogP contribution in [0.25, 0.3) is 0 Å². The summed E-state index contributed by atoms with van der Waals surface area (Å²) in [7, 11) is 0. The lowest BCUT2D eigenvalue weighted by Crippen LogP contribution is -2.43. The molecule has 0 aromatic heterocycles. The molecule has 70 valence electrons. The van der Waals surface area contributed by atoms with Crippen LogP contribution in [0, 0.1) is 5.92 Å². The molecular formula is C9H17NOS. The number of hydrogen-bond acceptors (Lipinski definition) is 3. The fourth-order valence-electron chi connectivity index (χ4n) is 2.24. The van der Waals surface area contributed by atoms with Crippen LogP contribution in [0.15, 0.2) is 0 Å². The number of aliphatic hydroxyl groups is 1. The van der Waals surface area contributed by atoms with Crippen molar-refractivity contribution < 1.29 is 5.11 Å². The molecule has 3 unspecified atom stereocenters. The first-order valence-electron chi connectivity index (χ1n) is 4.87. The lowest BCUT2D eigenvalue weighted by molar-refractivity contribution is 0.0886. The van der Waals surface area contributed by atoms with Gasteiger partial charge >= 0.3 is 0 Å². The highest BCUT2D eigenvalue weighted by Gasteiger charge is 2.32. The maximum Gasteiger partial charge on any atom is 0.0584 e. The summed E-state index contributed by atoms with van der Waals surface area (Å²) < 4.78 is 0. The quantitative estimate of drug-likeness (QED) is 0.590. The van der Waals surface area contributed by atoms with Crippen molar-refractivity contribution in [3.8, 4) is 0 Å². The van der Waals surface area contributed by atoms with E-state index in [1.165, 1.54) is 17.9 Å². The monoisotopic (exact) mass is 187 g/mol. The minimum Gasteiger partial charge on any atom is -0.393 e. The van der Waals surface area contributed by atoms with Crippen LogP contribution in [0.2, 0.25) is 0 Å². The molecule has 0 aromatic carbocycles. The van der Waals surface area contributed by atoms with E-state index in [1.54, 1.807) is 0 Å². The van der Waals surface area contributed by atoms with Crippen LogP contribution in [0.1, 0.15) is 19.3 Å². The van der Waals surface area contributed by atoms with E-state index in [0.29, 0.717) is 12.0 Å². The molecule has 3 heteroatoms. The Kier molecular flexibility index (Phi) is 2.94. The van der Waals surface area contributed by atoms with E-state index in [9.17, 15) is 5.11 Å². The standard InChI is InChI=1S/C9H17NOS/c11-9-2-1-4-10-8-6-12-5-3-7(8)9/h7-11H,1-6H2. The molecule has 2 N–H and O–H groups in total. The Balaban J connectivity index is 2.01. The van der Waals surface area contributed by atoms with Crippen molar-refractivity contribution in [2.45, 2.75) is 31.4 Å². The van der Waals surface area contributed by atoms with Crippen LogP contribution in [-0.4, -0.2) is 35.3 Å². The highest BCUT2D eigenvalue weighted by atomic mass is 32.2. The Labute approximate surface area is 78.1 Å². The van der Waals surface area contributed by atoms with E-state index in [2.05, 4.69) is 5.32 Å². The molecule has 2 saturated heterocycles. The molecule has 12 heavy (non-hydrogen) atoms. The average molecular weight is 187 g/mol. The van der Waals surface area contributed by atoms with Gasteiger partial charge in [-0.1, -0.05) is 0 Å². The van der Waals surface area contributed by atoms with Gasteiger partial charge in [-0.05, 0) is 31.6 Å². The predicted octanol–water partition coefficient (Wildman–Crippen LogP) is 0.852. The van der Waals surface area contributed by atoms with Crippen LogP contribution in [0.4, 0.5) is 0 Å².